The molecule has 0 saturated heterocycles. The summed E-state index contributed by atoms with van der Waals surface area (Å²) in [4.78, 5) is 29.6. The second-order valence-electron chi connectivity index (χ2n) is 11.4. The van der Waals surface area contributed by atoms with Crippen LogP contribution in [-0.4, -0.2) is 43.3 Å². The van der Waals surface area contributed by atoms with Crippen LogP contribution >= 0.6 is 11.6 Å². The van der Waals surface area contributed by atoms with Crippen molar-refractivity contribution in [2.75, 3.05) is 10.8 Å². The average Bonchev–Trinajstić information content (AvgIpc) is 2.98. The van der Waals surface area contributed by atoms with Crippen molar-refractivity contribution in [1.82, 2.24) is 10.2 Å². The molecule has 1 N–H and O–H groups in total. The summed E-state index contributed by atoms with van der Waals surface area (Å²) in [5.74, 6) is -1.57. The summed E-state index contributed by atoms with van der Waals surface area (Å²) in [6.45, 7) is 4.87. The number of halogens is 2. The molecule has 0 fully saturated rings. The minimum atomic E-state index is -4.27. The second-order valence-corrected chi connectivity index (χ2v) is 13.7. The van der Waals surface area contributed by atoms with E-state index in [9.17, 15) is 22.4 Å². The Hall–Kier alpha value is -4.21. The molecule has 4 aromatic carbocycles. The van der Waals surface area contributed by atoms with E-state index in [0.29, 0.717) is 10.6 Å². The standard InChI is InChI=1S/C34H35ClFN3O4S/c1-34(2,3)37-33(41)31(22-25-11-6-4-7-12-25)38(23-26-13-10-14-27(35)21-26)32(40)24-39(29-19-17-28(36)18-20-29)44(42,43)30-15-8-5-9-16-30/h4-21,31H,22-24H2,1-3H3,(H,37,41). The van der Waals surface area contributed by atoms with Crippen LogP contribution in [0.4, 0.5) is 10.1 Å². The summed E-state index contributed by atoms with van der Waals surface area (Å²) in [6.07, 6.45) is 0.178. The molecule has 0 aliphatic rings. The van der Waals surface area contributed by atoms with Gasteiger partial charge in [-0.2, -0.15) is 0 Å². The van der Waals surface area contributed by atoms with Gasteiger partial charge in [0, 0.05) is 23.5 Å². The molecule has 10 heteroatoms. The number of amides is 2. The summed E-state index contributed by atoms with van der Waals surface area (Å²) < 4.78 is 42.7. The number of anilines is 1. The van der Waals surface area contributed by atoms with Gasteiger partial charge in [-0.15, -0.1) is 0 Å². The minimum Gasteiger partial charge on any atom is -0.350 e. The maximum absolute atomic E-state index is 14.4. The fraction of sp³-hybridized carbons (Fsp3) is 0.235. The van der Waals surface area contributed by atoms with E-state index in [0.717, 1.165) is 22.0 Å². The zero-order chi connectivity index (χ0) is 31.9. The van der Waals surface area contributed by atoms with E-state index >= 15 is 0 Å². The molecule has 4 rings (SSSR count). The van der Waals surface area contributed by atoms with Crippen molar-refractivity contribution >= 4 is 39.1 Å². The molecule has 1 unspecified atom stereocenters. The van der Waals surface area contributed by atoms with Gasteiger partial charge in [0.1, 0.15) is 18.4 Å². The highest BCUT2D eigenvalue weighted by Crippen LogP contribution is 2.26. The van der Waals surface area contributed by atoms with Gasteiger partial charge in [0.2, 0.25) is 11.8 Å². The highest BCUT2D eigenvalue weighted by molar-refractivity contribution is 7.92. The maximum Gasteiger partial charge on any atom is 0.264 e. The molecular formula is C34H35ClFN3O4S. The van der Waals surface area contributed by atoms with Gasteiger partial charge in [-0.3, -0.25) is 13.9 Å². The molecule has 0 bridgehead atoms. The van der Waals surface area contributed by atoms with E-state index in [2.05, 4.69) is 5.32 Å². The van der Waals surface area contributed by atoms with Crippen molar-refractivity contribution in [1.29, 1.82) is 0 Å². The minimum absolute atomic E-state index is 0.0168. The quantitative estimate of drug-likeness (QED) is 0.212. The van der Waals surface area contributed by atoms with Gasteiger partial charge in [0.25, 0.3) is 10.0 Å². The van der Waals surface area contributed by atoms with E-state index in [-0.39, 0.29) is 23.5 Å². The first kappa shape index (κ1) is 32.7. The van der Waals surface area contributed by atoms with Crippen molar-refractivity contribution in [3.63, 3.8) is 0 Å². The molecule has 0 saturated carbocycles. The maximum atomic E-state index is 14.4. The van der Waals surface area contributed by atoms with Crippen LogP contribution in [0.2, 0.25) is 5.02 Å². The van der Waals surface area contributed by atoms with E-state index < -0.39 is 45.8 Å². The van der Waals surface area contributed by atoms with Crippen molar-refractivity contribution in [2.24, 2.45) is 0 Å². The van der Waals surface area contributed by atoms with Crippen molar-refractivity contribution < 1.29 is 22.4 Å². The lowest BCUT2D eigenvalue weighted by molar-refractivity contribution is -0.140. The van der Waals surface area contributed by atoms with Crippen LogP contribution in [0, 0.1) is 5.82 Å². The van der Waals surface area contributed by atoms with Gasteiger partial charge in [-0.1, -0.05) is 72.3 Å². The van der Waals surface area contributed by atoms with Gasteiger partial charge >= 0.3 is 0 Å². The Balaban J connectivity index is 1.81. The second kappa shape index (κ2) is 14.1. The average molecular weight is 636 g/mol. The Labute approximate surface area is 263 Å². The highest BCUT2D eigenvalue weighted by Gasteiger charge is 2.35. The monoisotopic (exact) mass is 635 g/mol. The molecular weight excluding hydrogens is 601 g/mol. The first-order chi connectivity index (χ1) is 20.8. The molecule has 0 spiro atoms. The lowest BCUT2D eigenvalue weighted by Crippen LogP contribution is -2.56. The van der Waals surface area contributed by atoms with E-state index in [1.54, 1.807) is 42.5 Å². The molecule has 7 nitrogen and oxygen atoms in total. The van der Waals surface area contributed by atoms with E-state index in [1.165, 1.54) is 29.2 Å². The van der Waals surface area contributed by atoms with Crippen molar-refractivity contribution in [3.05, 3.63) is 131 Å². The third kappa shape index (κ3) is 8.67. The Bertz CT molecular complexity index is 1680. The number of rotatable bonds is 11. The Morgan fingerprint density at radius 2 is 1.43 bits per heavy atom. The van der Waals surface area contributed by atoms with E-state index in [4.69, 9.17) is 11.6 Å². The molecule has 0 heterocycles. The predicted octanol–water partition coefficient (Wildman–Crippen LogP) is 6.23. The zero-order valence-corrected chi connectivity index (χ0v) is 26.4. The summed E-state index contributed by atoms with van der Waals surface area (Å²) >= 11 is 6.27. The first-order valence-corrected chi connectivity index (χ1v) is 15.9. The zero-order valence-electron chi connectivity index (χ0n) is 24.8. The van der Waals surface area contributed by atoms with Gasteiger partial charge in [-0.05, 0) is 80.4 Å². The van der Waals surface area contributed by atoms with E-state index in [1.807, 2.05) is 51.1 Å². The van der Waals surface area contributed by atoms with Crippen LogP contribution < -0.4 is 9.62 Å². The fourth-order valence-corrected chi connectivity index (χ4v) is 6.34. The Kier molecular flexibility index (Phi) is 10.4. The van der Waals surface area contributed by atoms with Crippen LogP contribution in [0.25, 0.3) is 0 Å². The highest BCUT2D eigenvalue weighted by atomic mass is 35.5. The number of carbonyl (C=O) groups excluding carboxylic acids is 2. The normalized spacial score (nSPS) is 12.3. The molecule has 4 aromatic rings. The number of benzene rings is 4. The summed E-state index contributed by atoms with van der Waals surface area (Å²) in [6, 6.07) is 27.8. The van der Waals surface area contributed by atoms with Gasteiger partial charge in [0.05, 0.1) is 10.6 Å². The van der Waals surface area contributed by atoms with Gasteiger partial charge in [0.15, 0.2) is 0 Å². The summed E-state index contributed by atoms with van der Waals surface area (Å²) in [5.41, 5.74) is 0.975. The molecule has 230 valence electrons. The predicted molar refractivity (Wildman–Crippen MR) is 171 cm³/mol. The largest absolute Gasteiger partial charge is 0.350 e. The SMILES string of the molecule is CC(C)(C)NC(=O)C(Cc1ccccc1)N(Cc1cccc(Cl)c1)C(=O)CN(c1ccc(F)cc1)S(=O)(=O)c1ccccc1. The van der Waals surface area contributed by atoms with Crippen molar-refractivity contribution in [3.8, 4) is 0 Å². The Morgan fingerprint density at radius 1 is 0.841 bits per heavy atom. The molecule has 1 atom stereocenters. The summed E-state index contributed by atoms with van der Waals surface area (Å²) in [5, 5.41) is 3.44. The van der Waals surface area contributed by atoms with Crippen LogP contribution in [0.5, 0.6) is 0 Å². The number of carbonyl (C=O) groups is 2. The molecule has 0 aliphatic heterocycles. The molecule has 0 radical (unpaired) electrons. The van der Waals surface area contributed by atoms with Crippen molar-refractivity contribution in [2.45, 2.75) is 50.2 Å². The molecule has 0 aliphatic carbocycles. The third-order valence-electron chi connectivity index (χ3n) is 6.74. The number of nitrogens with one attached hydrogen (secondary N) is 1. The lowest BCUT2D eigenvalue weighted by atomic mass is 10.0. The number of nitrogens with zero attached hydrogens (tertiary/aromatic N) is 2. The van der Waals surface area contributed by atoms with Gasteiger partial charge in [-0.25, -0.2) is 12.8 Å². The van der Waals surface area contributed by atoms with Crippen LogP contribution in [0.1, 0.15) is 31.9 Å². The fourth-order valence-electron chi connectivity index (χ4n) is 4.69. The molecule has 0 aromatic heterocycles. The number of sulfonamides is 1. The topological polar surface area (TPSA) is 86.8 Å². The van der Waals surface area contributed by atoms with Gasteiger partial charge < -0.3 is 10.2 Å². The third-order valence-corrected chi connectivity index (χ3v) is 8.76. The Morgan fingerprint density at radius 3 is 2.02 bits per heavy atom. The van der Waals surface area contributed by atoms with Crippen LogP contribution in [-0.2, 0) is 32.6 Å². The molecule has 44 heavy (non-hydrogen) atoms. The summed E-state index contributed by atoms with van der Waals surface area (Å²) in [7, 11) is -4.27. The van der Waals surface area contributed by atoms with Crippen LogP contribution in [0.3, 0.4) is 0 Å². The number of hydrogen-bond donors (Lipinski definition) is 1. The number of hydrogen-bond acceptors (Lipinski definition) is 4. The first-order valence-electron chi connectivity index (χ1n) is 14.1. The smallest absolute Gasteiger partial charge is 0.264 e. The lowest BCUT2D eigenvalue weighted by Gasteiger charge is -2.35. The van der Waals surface area contributed by atoms with Crippen LogP contribution in [0.15, 0.2) is 114 Å². The molecule has 2 amide bonds.